The summed E-state index contributed by atoms with van der Waals surface area (Å²) in [5, 5.41) is 8.54. The van der Waals surface area contributed by atoms with Gasteiger partial charge in [-0.3, -0.25) is 9.59 Å². The maximum Gasteiger partial charge on any atom is 0.255 e. The smallest absolute Gasteiger partial charge is 0.255 e. The first-order chi connectivity index (χ1) is 23.0. The third-order valence-corrected chi connectivity index (χ3v) is 7.96. The largest absolute Gasteiger partial charge is 0.487 e. The number of carbonyl (C=O) groups excluding carboxylic acids is 2. The van der Waals surface area contributed by atoms with Gasteiger partial charge in [-0.2, -0.15) is 0 Å². The van der Waals surface area contributed by atoms with E-state index in [0.29, 0.717) is 17.0 Å². The van der Waals surface area contributed by atoms with E-state index in [2.05, 4.69) is 46.8 Å². The first kappa shape index (κ1) is 34.0. The molecule has 1 aliphatic heterocycles. The Morgan fingerprint density at radius 2 is 1.67 bits per heavy atom. The Balaban J connectivity index is 0.000000689. The molecule has 242 valence electrons. The number of ether oxygens (including phenoxy) is 1. The van der Waals surface area contributed by atoms with Crippen LogP contribution < -0.4 is 9.64 Å². The summed E-state index contributed by atoms with van der Waals surface area (Å²) in [7, 11) is 0. The minimum atomic E-state index is -0.513. The molecule has 8 heteroatoms. The van der Waals surface area contributed by atoms with Gasteiger partial charge in [0.1, 0.15) is 18.1 Å². The van der Waals surface area contributed by atoms with Crippen molar-refractivity contribution in [1.29, 1.82) is 0 Å². The molecule has 48 heavy (non-hydrogen) atoms. The van der Waals surface area contributed by atoms with Crippen LogP contribution in [0.2, 0.25) is 0 Å². The number of allylic oxidation sites excluding steroid dienone is 10. The first-order valence-electron chi connectivity index (χ1n) is 15.7. The first-order valence-corrected chi connectivity index (χ1v) is 15.7. The van der Waals surface area contributed by atoms with Crippen LogP contribution in [0.5, 0.6) is 5.75 Å². The van der Waals surface area contributed by atoms with Crippen LogP contribution in [0.15, 0.2) is 151 Å². The summed E-state index contributed by atoms with van der Waals surface area (Å²) in [6.45, 7) is 2.20. The number of β-lactam (4-membered cyclic amide) rings is 1. The van der Waals surface area contributed by atoms with Gasteiger partial charge in [-0.1, -0.05) is 114 Å². The van der Waals surface area contributed by atoms with Crippen LogP contribution in [-0.4, -0.2) is 32.7 Å². The van der Waals surface area contributed by atoms with E-state index in [4.69, 9.17) is 4.74 Å². The van der Waals surface area contributed by atoms with Gasteiger partial charge in [0.05, 0.1) is 12.2 Å². The Labute approximate surface area is 291 Å². The molecule has 4 aromatic rings. The number of hydrogen-bond acceptors (Lipinski definition) is 5. The standard InChI is InChI=1S/C35H30N4O3.C5H6.Fe/c1-25-11-17-30(18-12-25)39-32(21-13-26-7-3-2-4-8-26)34(35(39)41)38-23-29(36-37-38)24-42-31-19-15-28(16-20-31)33(40)22-14-27-9-5-6-10-27;1-2-4-5-3-1;/h2-5,7-23,32,34H,6,24H2,1H3;1-4H,5H2;/b21-13+,22-14+;;/t32-,34?;;/m1../s1. The molecule has 0 saturated carbocycles. The third-order valence-electron chi connectivity index (χ3n) is 7.96. The van der Waals surface area contributed by atoms with Gasteiger partial charge in [-0.15, -0.1) is 5.10 Å². The maximum absolute atomic E-state index is 13.4. The summed E-state index contributed by atoms with van der Waals surface area (Å²) in [4.78, 5) is 27.7. The number of amides is 1. The Bertz CT molecular complexity index is 1870. The van der Waals surface area contributed by atoms with Crippen LogP contribution in [0.25, 0.3) is 6.08 Å². The van der Waals surface area contributed by atoms with E-state index in [-0.39, 0.29) is 41.4 Å². The summed E-state index contributed by atoms with van der Waals surface area (Å²) in [5.41, 5.74) is 5.26. The second-order valence-electron chi connectivity index (χ2n) is 11.4. The van der Waals surface area contributed by atoms with Gasteiger partial charge in [0, 0.05) is 28.3 Å². The zero-order valence-electron chi connectivity index (χ0n) is 26.6. The van der Waals surface area contributed by atoms with Crippen LogP contribution in [0, 0.1) is 6.92 Å². The molecule has 7 rings (SSSR count). The zero-order valence-corrected chi connectivity index (χ0v) is 27.7. The molecule has 7 nitrogen and oxygen atoms in total. The summed E-state index contributed by atoms with van der Waals surface area (Å²) in [5.74, 6) is 0.500. The predicted octanol–water partition coefficient (Wildman–Crippen LogP) is 7.96. The van der Waals surface area contributed by atoms with E-state index < -0.39 is 6.04 Å². The second kappa shape index (κ2) is 16.5. The summed E-state index contributed by atoms with van der Waals surface area (Å²) >= 11 is 0. The summed E-state index contributed by atoms with van der Waals surface area (Å²) in [6, 6.07) is 24.2. The normalized spacial score (nSPS) is 17.6. The molecule has 1 fully saturated rings. The number of rotatable bonds is 10. The van der Waals surface area contributed by atoms with Gasteiger partial charge >= 0.3 is 0 Å². The minimum Gasteiger partial charge on any atom is -0.487 e. The molecule has 2 atom stereocenters. The van der Waals surface area contributed by atoms with Crippen molar-refractivity contribution in [3.8, 4) is 5.75 Å². The van der Waals surface area contributed by atoms with E-state index >= 15 is 0 Å². The predicted molar refractivity (Wildman–Crippen MR) is 186 cm³/mol. The van der Waals surface area contributed by atoms with Crippen LogP contribution in [0.4, 0.5) is 5.69 Å². The van der Waals surface area contributed by atoms with E-state index in [1.54, 1.807) is 46.1 Å². The zero-order chi connectivity index (χ0) is 32.4. The number of aromatic nitrogens is 3. The van der Waals surface area contributed by atoms with Gasteiger partial charge in [0.15, 0.2) is 11.8 Å². The van der Waals surface area contributed by atoms with Gasteiger partial charge < -0.3 is 9.64 Å². The van der Waals surface area contributed by atoms with Crippen LogP contribution in [-0.2, 0) is 28.5 Å². The van der Waals surface area contributed by atoms with E-state index in [1.807, 2.05) is 85.8 Å². The SMILES string of the molecule is C1=CCC=C1.Cc1ccc(N2C(=O)C(n3cc(COc4ccc(C(=O)/C=C/C5=CCC=C5)cc4)nn3)[C@H]2/C=C/c2ccccc2)cc1.[Fe]. The molecule has 2 heterocycles. The number of nitrogens with zero attached hydrogens (tertiary/aromatic N) is 4. The van der Waals surface area contributed by atoms with Crippen molar-refractivity contribution in [2.45, 2.75) is 38.5 Å². The molecule has 1 aromatic heterocycles. The fourth-order valence-corrected chi connectivity index (χ4v) is 5.38. The maximum atomic E-state index is 13.4. The molecular weight excluding hydrogens is 640 g/mol. The molecule has 0 spiro atoms. The Morgan fingerprint density at radius 1 is 0.917 bits per heavy atom. The third kappa shape index (κ3) is 8.53. The van der Waals surface area contributed by atoms with Crippen molar-refractivity contribution >= 4 is 23.5 Å². The Kier molecular flexibility index (Phi) is 11.7. The molecule has 0 bridgehead atoms. The molecule has 0 radical (unpaired) electrons. The molecule has 2 aliphatic carbocycles. The van der Waals surface area contributed by atoms with E-state index in [9.17, 15) is 9.59 Å². The van der Waals surface area contributed by atoms with Crippen molar-refractivity contribution in [3.05, 3.63) is 174 Å². The van der Waals surface area contributed by atoms with Gasteiger partial charge in [-0.05, 0) is 73.4 Å². The average molecular weight is 677 g/mol. The van der Waals surface area contributed by atoms with Crippen LogP contribution in [0.1, 0.15) is 46.1 Å². The Morgan fingerprint density at radius 3 is 2.33 bits per heavy atom. The van der Waals surface area contributed by atoms with Gasteiger partial charge in [-0.25, -0.2) is 4.68 Å². The van der Waals surface area contributed by atoms with Gasteiger partial charge in [0.2, 0.25) is 0 Å². The molecular formula is C40H36FeN4O3. The van der Waals surface area contributed by atoms with Gasteiger partial charge in [0.25, 0.3) is 5.91 Å². The second-order valence-corrected chi connectivity index (χ2v) is 11.4. The van der Waals surface area contributed by atoms with Crippen LogP contribution >= 0.6 is 0 Å². The topological polar surface area (TPSA) is 77.3 Å². The van der Waals surface area contributed by atoms with Crippen molar-refractivity contribution in [3.63, 3.8) is 0 Å². The molecule has 1 amide bonds. The van der Waals surface area contributed by atoms with Crippen molar-refractivity contribution < 1.29 is 31.4 Å². The number of hydrogen-bond donors (Lipinski definition) is 0. The number of carbonyl (C=O) groups is 2. The fraction of sp³-hybridized carbons (Fsp3) is 0.150. The molecule has 1 unspecified atom stereocenters. The number of benzene rings is 3. The number of ketones is 1. The quantitative estimate of drug-likeness (QED) is 0.0738. The Hall–Kier alpha value is -5.30. The average Bonchev–Trinajstić information content (AvgIpc) is 3.92. The molecule has 3 aromatic carbocycles. The fourth-order valence-electron chi connectivity index (χ4n) is 5.38. The van der Waals surface area contributed by atoms with E-state index in [0.717, 1.165) is 35.2 Å². The van der Waals surface area contributed by atoms with E-state index in [1.165, 1.54) is 0 Å². The van der Waals surface area contributed by atoms with Crippen molar-refractivity contribution in [1.82, 2.24) is 15.0 Å². The summed E-state index contributed by atoms with van der Waals surface area (Å²) < 4.78 is 7.52. The monoisotopic (exact) mass is 676 g/mol. The number of anilines is 1. The molecule has 1 saturated heterocycles. The minimum absolute atomic E-state index is 0. The number of aryl methyl sites for hydroxylation is 1. The van der Waals surface area contributed by atoms with Crippen LogP contribution in [0.3, 0.4) is 0 Å². The van der Waals surface area contributed by atoms with Crippen molar-refractivity contribution in [2.75, 3.05) is 4.90 Å². The molecule has 0 N–H and O–H groups in total. The van der Waals surface area contributed by atoms with Crippen molar-refractivity contribution in [2.24, 2.45) is 0 Å². The summed E-state index contributed by atoms with van der Waals surface area (Å²) in [6.07, 6.45) is 25.8. The molecule has 3 aliphatic rings.